The zero-order valence-corrected chi connectivity index (χ0v) is 9.86. The fraction of sp³-hybridized carbons (Fsp3) is 0.500. The molecule has 0 fully saturated rings. The molecule has 1 nitrogen and oxygen atoms in total. The van der Waals surface area contributed by atoms with Crippen molar-refractivity contribution in [1.82, 2.24) is 0 Å². The fourth-order valence-corrected chi connectivity index (χ4v) is 1.94. The van der Waals surface area contributed by atoms with Crippen molar-refractivity contribution in [2.75, 3.05) is 0 Å². The number of carbonyl (C=O) groups is 1. The normalized spacial score (nSPS) is 12.8. The van der Waals surface area contributed by atoms with Crippen LogP contribution in [0.4, 0.5) is 0 Å². The molecule has 0 saturated heterocycles. The monoisotopic (exact) mass is 204 g/mol. The van der Waals surface area contributed by atoms with Crippen LogP contribution in [0.1, 0.15) is 45.1 Å². The molecule has 15 heavy (non-hydrogen) atoms. The summed E-state index contributed by atoms with van der Waals surface area (Å²) in [6.07, 6.45) is 1.66. The fourth-order valence-electron chi connectivity index (χ4n) is 1.94. The van der Waals surface area contributed by atoms with Gasteiger partial charge in [-0.2, -0.15) is 0 Å². The van der Waals surface area contributed by atoms with E-state index in [-0.39, 0.29) is 5.78 Å². The molecule has 0 N–H and O–H groups in total. The van der Waals surface area contributed by atoms with Crippen LogP contribution in [-0.2, 0) is 4.79 Å². The van der Waals surface area contributed by atoms with Crippen LogP contribution in [0.2, 0.25) is 0 Å². The smallest absolute Gasteiger partial charge is 0.129 e. The molecular weight excluding hydrogens is 184 g/mol. The van der Waals surface area contributed by atoms with Crippen LogP contribution < -0.4 is 0 Å². The van der Waals surface area contributed by atoms with Gasteiger partial charge in [-0.05, 0) is 30.7 Å². The van der Waals surface area contributed by atoms with Gasteiger partial charge in [-0.1, -0.05) is 44.2 Å². The number of rotatable bonds is 5. The topological polar surface area (TPSA) is 17.1 Å². The highest BCUT2D eigenvalue weighted by Gasteiger charge is 2.15. The summed E-state index contributed by atoms with van der Waals surface area (Å²) >= 11 is 0. The molecule has 1 atom stereocenters. The van der Waals surface area contributed by atoms with Crippen LogP contribution in [-0.4, -0.2) is 5.78 Å². The molecule has 1 rings (SSSR count). The quantitative estimate of drug-likeness (QED) is 0.713. The van der Waals surface area contributed by atoms with Crippen molar-refractivity contribution in [3.05, 3.63) is 35.9 Å². The summed E-state index contributed by atoms with van der Waals surface area (Å²) in [7, 11) is 0. The first kappa shape index (κ1) is 12.0. The number of hydrogen-bond donors (Lipinski definition) is 0. The minimum atomic E-state index is 0.289. The molecule has 0 radical (unpaired) electrons. The van der Waals surface area contributed by atoms with Crippen molar-refractivity contribution in [2.24, 2.45) is 5.92 Å². The number of Topliss-reactive ketones (excluding diaryl/α,β-unsaturated/α-hetero) is 1. The van der Waals surface area contributed by atoms with Crippen LogP contribution in [0.5, 0.6) is 0 Å². The predicted molar refractivity (Wildman–Crippen MR) is 63.9 cm³/mol. The third-order valence-corrected chi connectivity index (χ3v) is 2.84. The first-order valence-corrected chi connectivity index (χ1v) is 5.65. The number of benzene rings is 1. The Labute approximate surface area is 92.5 Å². The van der Waals surface area contributed by atoms with Crippen molar-refractivity contribution >= 4 is 5.78 Å². The number of ketones is 1. The summed E-state index contributed by atoms with van der Waals surface area (Å²) in [5, 5.41) is 0. The van der Waals surface area contributed by atoms with Crippen molar-refractivity contribution < 1.29 is 4.79 Å². The second kappa shape index (κ2) is 5.69. The largest absolute Gasteiger partial charge is 0.300 e. The average Bonchev–Trinajstić information content (AvgIpc) is 2.18. The Hall–Kier alpha value is -1.11. The molecule has 0 aliphatic rings. The van der Waals surface area contributed by atoms with Gasteiger partial charge in [0.05, 0.1) is 0 Å². The molecule has 82 valence electrons. The maximum atomic E-state index is 11.0. The van der Waals surface area contributed by atoms with E-state index in [1.54, 1.807) is 6.92 Å². The summed E-state index contributed by atoms with van der Waals surface area (Å²) in [5.41, 5.74) is 1.36. The van der Waals surface area contributed by atoms with Gasteiger partial charge in [0, 0.05) is 6.42 Å². The summed E-state index contributed by atoms with van der Waals surface area (Å²) in [6.45, 7) is 6.11. The summed E-state index contributed by atoms with van der Waals surface area (Å²) < 4.78 is 0. The lowest BCUT2D eigenvalue weighted by Gasteiger charge is -2.20. The maximum absolute atomic E-state index is 11.0. The van der Waals surface area contributed by atoms with Gasteiger partial charge < -0.3 is 4.79 Å². The molecule has 0 amide bonds. The Morgan fingerprint density at radius 1 is 1.20 bits per heavy atom. The Balaban J connectivity index is 2.70. The van der Waals surface area contributed by atoms with Gasteiger partial charge in [-0.3, -0.25) is 0 Å². The first-order valence-electron chi connectivity index (χ1n) is 5.65. The third kappa shape index (κ3) is 3.86. The minimum absolute atomic E-state index is 0.289. The second-order valence-electron chi connectivity index (χ2n) is 4.50. The SMILES string of the molecule is CC(=O)CCC(c1ccccc1)C(C)C. The highest BCUT2D eigenvalue weighted by Crippen LogP contribution is 2.28. The van der Waals surface area contributed by atoms with E-state index in [9.17, 15) is 4.79 Å². The van der Waals surface area contributed by atoms with E-state index in [1.165, 1.54) is 5.56 Å². The van der Waals surface area contributed by atoms with Crippen LogP contribution in [0.3, 0.4) is 0 Å². The van der Waals surface area contributed by atoms with Crippen LogP contribution in [0.25, 0.3) is 0 Å². The zero-order valence-electron chi connectivity index (χ0n) is 9.86. The van der Waals surface area contributed by atoms with Gasteiger partial charge in [0.25, 0.3) is 0 Å². The predicted octanol–water partition coefficient (Wildman–Crippen LogP) is 3.80. The van der Waals surface area contributed by atoms with Crippen LogP contribution >= 0.6 is 0 Å². The van der Waals surface area contributed by atoms with Gasteiger partial charge in [-0.25, -0.2) is 0 Å². The van der Waals surface area contributed by atoms with E-state index < -0.39 is 0 Å². The molecule has 1 unspecified atom stereocenters. The van der Waals surface area contributed by atoms with Crippen LogP contribution in [0, 0.1) is 5.92 Å². The van der Waals surface area contributed by atoms with E-state index in [1.807, 2.05) is 6.07 Å². The Morgan fingerprint density at radius 3 is 2.27 bits per heavy atom. The Morgan fingerprint density at radius 2 is 1.80 bits per heavy atom. The lowest BCUT2D eigenvalue weighted by atomic mass is 9.84. The van der Waals surface area contributed by atoms with E-state index in [2.05, 4.69) is 38.1 Å². The molecule has 1 aromatic carbocycles. The third-order valence-electron chi connectivity index (χ3n) is 2.84. The standard InChI is InChI=1S/C14H20O/c1-11(2)14(10-9-12(3)15)13-7-5-4-6-8-13/h4-8,11,14H,9-10H2,1-3H3. The number of carbonyl (C=O) groups excluding carboxylic acids is 1. The van der Waals surface area contributed by atoms with Gasteiger partial charge >= 0.3 is 0 Å². The molecule has 0 aromatic heterocycles. The molecule has 0 aliphatic carbocycles. The molecule has 1 heteroatoms. The van der Waals surface area contributed by atoms with Crippen molar-refractivity contribution in [3.63, 3.8) is 0 Å². The van der Waals surface area contributed by atoms with E-state index >= 15 is 0 Å². The van der Waals surface area contributed by atoms with Crippen molar-refractivity contribution in [3.8, 4) is 0 Å². The number of hydrogen-bond acceptors (Lipinski definition) is 1. The van der Waals surface area contributed by atoms with Crippen LogP contribution in [0.15, 0.2) is 30.3 Å². The van der Waals surface area contributed by atoms with Crippen molar-refractivity contribution in [2.45, 2.75) is 39.5 Å². The lowest BCUT2D eigenvalue weighted by Crippen LogP contribution is -2.08. The van der Waals surface area contributed by atoms with Gasteiger partial charge in [0.1, 0.15) is 5.78 Å². The van der Waals surface area contributed by atoms with Gasteiger partial charge in [0.15, 0.2) is 0 Å². The van der Waals surface area contributed by atoms with E-state index in [0.717, 1.165) is 6.42 Å². The average molecular weight is 204 g/mol. The first-order chi connectivity index (χ1) is 7.11. The summed E-state index contributed by atoms with van der Waals surface area (Å²) in [4.78, 5) is 11.0. The van der Waals surface area contributed by atoms with Gasteiger partial charge in [-0.15, -0.1) is 0 Å². The zero-order chi connectivity index (χ0) is 11.3. The highest BCUT2D eigenvalue weighted by atomic mass is 16.1. The molecule has 0 spiro atoms. The Kier molecular flexibility index (Phi) is 4.54. The summed E-state index contributed by atoms with van der Waals surface area (Å²) in [6, 6.07) is 10.5. The molecule has 0 heterocycles. The lowest BCUT2D eigenvalue weighted by molar-refractivity contribution is -0.117. The minimum Gasteiger partial charge on any atom is -0.300 e. The highest BCUT2D eigenvalue weighted by molar-refractivity contribution is 5.75. The maximum Gasteiger partial charge on any atom is 0.129 e. The van der Waals surface area contributed by atoms with E-state index in [4.69, 9.17) is 0 Å². The molecule has 0 saturated carbocycles. The molecule has 0 aliphatic heterocycles. The van der Waals surface area contributed by atoms with Crippen molar-refractivity contribution in [1.29, 1.82) is 0 Å². The Bertz CT molecular complexity index is 300. The summed E-state index contributed by atoms with van der Waals surface area (Å²) in [5.74, 6) is 1.39. The molecule has 1 aromatic rings. The van der Waals surface area contributed by atoms with Gasteiger partial charge in [0.2, 0.25) is 0 Å². The molecule has 0 bridgehead atoms. The van der Waals surface area contributed by atoms with E-state index in [0.29, 0.717) is 18.3 Å². The second-order valence-corrected chi connectivity index (χ2v) is 4.50. The molecular formula is C14H20O.